The molecule has 2 atom stereocenters. The Balaban J connectivity index is 1.91. The number of hydrogen-bond donors (Lipinski definition) is 2. The van der Waals surface area contributed by atoms with Gasteiger partial charge in [-0.15, -0.1) is 0 Å². The number of carbonyl (C=O) groups is 1. The average Bonchev–Trinajstić information content (AvgIpc) is 2.35. The summed E-state index contributed by atoms with van der Waals surface area (Å²) >= 11 is 0. The molecule has 12 heavy (non-hydrogen) atoms. The zero-order chi connectivity index (χ0) is 8.55. The first-order valence-electron chi connectivity index (χ1n) is 4.55. The lowest BCUT2D eigenvalue weighted by molar-refractivity contribution is -0.129. The summed E-state index contributed by atoms with van der Waals surface area (Å²) in [6.45, 7) is 3.14. The third kappa shape index (κ3) is 1.21. The Hall–Kier alpha value is -0.610. The summed E-state index contributed by atoms with van der Waals surface area (Å²) in [5, 5.41) is 3.29. The summed E-state index contributed by atoms with van der Waals surface area (Å²) < 4.78 is 0. The van der Waals surface area contributed by atoms with Crippen LogP contribution in [0.25, 0.3) is 0 Å². The second-order valence-electron chi connectivity index (χ2n) is 3.59. The van der Waals surface area contributed by atoms with Gasteiger partial charge in [-0.2, -0.15) is 0 Å². The number of hydrogen-bond acceptors (Lipinski definition) is 3. The molecule has 2 aliphatic heterocycles. The topological polar surface area (TPSA) is 58.4 Å². The van der Waals surface area contributed by atoms with Crippen LogP contribution in [0.4, 0.5) is 0 Å². The van der Waals surface area contributed by atoms with Crippen molar-refractivity contribution in [3.05, 3.63) is 0 Å². The number of amides is 1. The molecule has 68 valence electrons. The third-order valence-corrected chi connectivity index (χ3v) is 2.89. The lowest BCUT2D eigenvalue weighted by Gasteiger charge is -2.42. The van der Waals surface area contributed by atoms with E-state index in [4.69, 9.17) is 5.73 Å². The standard InChI is InChI=1S/C8H15N3O/c9-8(12)7-2-4-11(7)6-1-3-10-5-6/h6-7,10H,1-5H2,(H2,9,12). The van der Waals surface area contributed by atoms with E-state index in [-0.39, 0.29) is 11.9 Å². The molecule has 4 heteroatoms. The number of primary amides is 1. The highest BCUT2D eigenvalue weighted by Gasteiger charge is 2.38. The molecule has 0 bridgehead atoms. The number of nitrogens with two attached hydrogens (primary N) is 1. The molecular weight excluding hydrogens is 154 g/mol. The van der Waals surface area contributed by atoms with Crippen molar-refractivity contribution < 1.29 is 4.79 Å². The second-order valence-corrected chi connectivity index (χ2v) is 3.59. The van der Waals surface area contributed by atoms with Crippen LogP contribution in [0.5, 0.6) is 0 Å². The summed E-state index contributed by atoms with van der Waals surface area (Å²) in [6, 6.07) is 0.575. The van der Waals surface area contributed by atoms with E-state index in [1.807, 2.05) is 0 Å². The molecule has 2 rings (SSSR count). The average molecular weight is 169 g/mol. The number of rotatable bonds is 2. The van der Waals surface area contributed by atoms with Crippen LogP contribution in [0.2, 0.25) is 0 Å². The Bertz CT molecular complexity index is 189. The smallest absolute Gasteiger partial charge is 0.234 e. The molecule has 0 radical (unpaired) electrons. The first-order chi connectivity index (χ1) is 5.79. The fraction of sp³-hybridized carbons (Fsp3) is 0.875. The lowest BCUT2D eigenvalue weighted by Crippen LogP contribution is -2.59. The van der Waals surface area contributed by atoms with Crippen LogP contribution in [-0.2, 0) is 4.79 Å². The van der Waals surface area contributed by atoms with Crippen LogP contribution >= 0.6 is 0 Å². The Labute approximate surface area is 72.1 Å². The van der Waals surface area contributed by atoms with Crippen LogP contribution in [0.15, 0.2) is 0 Å². The van der Waals surface area contributed by atoms with Crippen molar-refractivity contribution in [1.82, 2.24) is 10.2 Å². The van der Waals surface area contributed by atoms with Crippen LogP contribution in [0.1, 0.15) is 12.8 Å². The molecule has 3 N–H and O–H groups in total. The number of likely N-dealkylation sites (tertiary alicyclic amines) is 1. The van der Waals surface area contributed by atoms with Crippen molar-refractivity contribution in [3.8, 4) is 0 Å². The third-order valence-electron chi connectivity index (χ3n) is 2.89. The van der Waals surface area contributed by atoms with E-state index in [0.717, 1.165) is 32.5 Å². The lowest BCUT2D eigenvalue weighted by atomic mass is 9.99. The highest BCUT2D eigenvalue weighted by Crippen LogP contribution is 2.23. The Kier molecular flexibility index (Phi) is 2.02. The van der Waals surface area contributed by atoms with Gasteiger partial charge in [0.15, 0.2) is 0 Å². The quantitative estimate of drug-likeness (QED) is 0.552. The number of nitrogens with one attached hydrogen (secondary N) is 1. The van der Waals surface area contributed by atoms with Gasteiger partial charge in [0, 0.05) is 19.1 Å². The summed E-state index contributed by atoms with van der Waals surface area (Å²) in [5.74, 6) is -0.159. The Morgan fingerprint density at radius 1 is 1.50 bits per heavy atom. The molecule has 2 fully saturated rings. The fourth-order valence-corrected chi connectivity index (χ4v) is 2.07. The normalized spacial score (nSPS) is 36.3. The van der Waals surface area contributed by atoms with E-state index in [0.29, 0.717) is 6.04 Å². The van der Waals surface area contributed by atoms with Gasteiger partial charge in [0.2, 0.25) is 5.91 Å². The minimum absolute atomic E-state index is 0.0231. The molecule has 4 nitrogen and oxygen atoms in total. The molecular formula is C8H15N3O. The summed E-state index contributed by atoms with van der Waals surface area (Å²) in [6.07, 6.45) is 2.11. The largest absolute Gasteiger partial charge is 0.368 e. The second kappa shape index (κ2) is 3.03. The van der Waals surface area contributed by atoms with Crippen LogP contribution < -0.4 is 11.1 Å². The van der Waals surface area contributed by atoms with E-state index in [2.05, 4.69) is 10.2 Å². The van der Waals surface area contributed by atoms with Gasteiger partial charge in [-0.05, 0) is 19.4 Å². The molecule has 2 saturated heterocycles. The first kappa shape index (κ1) is 8.01. The number of nitrogens with zero attached hydrogens (tertiary/aromatic N) is 1. The van der Waals surface area contributed by atoms with E-state index >= 15 is 0 Å². The van der Waals surface area contributed by atoms with E-state index in [1.165, 1.54) is 0 Å². The van der Waals surface area contributed by atoms with Gasteiger partial charge in [-0.25, -0.2) is 0 Å². The maximum absolute atomic E-state index is 10.9. The minimum atomic E-state index is -0.159. The van der Waals surface area contributed by atoms with Crippen molar-refractivity contribution in [1.29, 1.82) is 0 Å². The first-order valence-corrected chi connectivity index (χ1v) is 4.55. The van der Waals surface area contributed by atoms with Gasteiger partial charge in [0.05, 0.1) is 6.04 Å². The highest BCUT2D eigenvalue weighted by atomic mass is 16.1. The molecule has 0 spiro atoms. The SMILES string of the molecule is NC(=O)C1CCN1C1CCNC1. The van der Waals surface area contributed by atoms with Gasteiger partial charge in [0.25, 0.3) is 0 Å². The molecule has 2 heterocycles. The predicted molar refractivity (Wildman–Crippen MR) is 45.6 cm³/mol. The van der Waals surface area contributed by atoms with Crippen molar-refractivity contribution in [2.75, 3.05) is 19.6 Å². The van der Waals surface area contributed by atoms with Crippen LogP contribution in [0.3, 0.4) is 0 Å². The number of carbonyl (C=O) groups excluding carboxylic acids is 1. The molecule has 2 aliphatic rings. The van der Waals surface area contributed by atoms with E-state index in [9.17, 15) is 4.79 Å². The van der Waals surface area contributed by atoms with Gasteiger partial charge in [-0.3, -0.25) is 9.69 Å². The van der Waals surface area contributed by atoms with Crippen molar-refractivity contribution in [2.45, 2.75) is 24.9 Å². The molecule has 0 saturated carbocycles. The van der Waals surface area contributed by atoms with E-state index < -0.39 is 0 Å². The molecule has 0 aliphatic carbocycles. The van der Waals surface area contributed by atoms with Gasteiger partial charge in [-0.1, -0.05) is 0 Å². The van der Waals surface area contributed by atoms with Gasteiger partial charge in [0.1, 0.15) is 0 Å². The van der Waals surface area contributed by atoms with Crippen molar-refractivity contribution in [3.63, 3.8) is 0 Å². The minimum Gasteiger partial charge on any atom is -0.368 e. The maximum Gasteiger partial charge on any atom is 0.234 e. The highest BCUT2D eigenvalue weighted by molar-refractivity contribution is 5.80. The predicted octanol–water partition coefficient (Wildman–Crippen LogP) is -1.09. The van der Waals surface area contributed by atoms with Crippen molar-refractivity contribution in [2.24, 2.45) is 5.73 Å². The Morgan fingerprint density at radius 3 is 2.75 bits per heavy atom. The monoisotopic (exact) mass is 169 g/mol. The fourth-order valence-electron chi connectivity index (χ4n) is 2.07. The zero-order valence-electron chi connectivity index (χ0n) is 7.12. The van der Waals surface area contributed by atoms with Crippen molar-refractivity contribution >= 4 is 5.91 Å². The molecule has 1 amide bonds. The van der Waals surface area contributed by atoms with Gasteiger partial charge < -0.3 is 11.1 Å². The summed E-state index contributed by atoms with van der Waals surface area (Å²) in [4.78, 5) is 13.1. The molecule has 2 unspecified atom stereocenters. The molecule has 0 aromatic carbocycles. The molecule has 0 aromatic rings. The Morgan fingerprint density at radius 2 is 2.33 bits per heavy atom. The van der Waals surface area contributed by atoms with Gasteiger partial charge >= 0.3 is 0 Å². The summed E-state index contributed by atoms with van der Waals surface area (Å²) in [5.41, 5.74) is 5.25. The maximum atomic E-state index is 10.9. The molecule has 0 aromatic heterocycles. The zero-order valence-corrected chi connectivity index (χ0v) is 7.12. The van der Waals surface area contributed by atoms with Crippen LogP contribution in [0, 0.1) is 0 Å². The van der Waals surface area contributed by atoms with E-state index in [1.54, 1.807) is 0 Å². The summed E-state index contributed by atoms with van der Waals surface area (Å²) in [7, 11) is 0. The van der Waals surface area contributed by atoms with Crippen LogP contribution in [-0.4, -0.2) is 42.5 Å².